The standard InChI is InChI=1S/C22H23S.AsF6/c1-22(2,3)18-14-16-21(17-15-18)23(19-10-6-4-7-11-19)20-12-8-5-9-13-20;2-1(3,4,5,6)7/h4-17H,1-3H3;/q+1;-1. The molecule has 0 unspecified atom stereocenters. The molecule has 0 bridgehead atoms. The quantitative estimate of drug-likeness (QED) is 0.190. The molecule has 3 rings (SSSR count). The third-order valence-electron chi connectivity index (χ3n) is 3.91. The van der Waals surface area contributed by atoms with Gasteiger partial charge in [-0.25, -0.2) is 0 Å². The van der Waals surface area contributed by atoms with E-state index in [1.54, 1.807) is 0 Å². The van der Waals surface area contributed by atoms with E-state index in [1.165, 1.54) is 20.2 Å². The second-order valence-electron chi connectivity index (χ2n) is 7.66. The predicted molar refractivity (Wildman–Crippen MR) is 113 cm³/mol. The zero-order valence-corrected chi connectivity index (χ0v) is 19.4. The summed E-state index contributed by atoms with van der Waals surface area (Å²) in [5.41, 5.74) is 1.57. The van der Waals surface area contributed by atoms with Gasteiger partial charge in [-0.05, 0) is 47.4 Å². The summed E-state index contributed by atoms with van der Waals surface area (Å²) in [6, 6.07) is 30.7. The SMILES string of the molecule is CC(C)(C)c1ccc([S+](c2ccccc2)c2ccccc2)cc1.F[As-](F)(F)(F)(F)F. The van der Waals surface area contributed by atoms with Crippen LogP contribution in [0.4, 0.5) is 20.8 Å². The van der Waals surface area contributed by atoms with Crippen LogP contribution >= 0.6 is 0 Å². The van der Waals surface area contributed by atoms with Gasteiger partial charge in [-0.1, -0.05) is 69.3 Å². The molecule has 3 aromatic carbocycles. The van der Waals surface area contributed by atoms with Crippen molar-refractivity contribution in [3.05, 3.63) is 90.5 Å². The van der Waals surface area contributed by atoms with Crippen molar-refractivity contribution in [1.29, 1.82) is 0 Å². The van der Waals surface area contributed by atoms with E-state index in [2.05, 4.69) is 106 Å². The van der Waals surface area contributed by atoms with Gasteiger partial charge in [-0.15, -0.1) is 0 Å². The molecule has 0 heterocycles. The fourth-order valence-corrected chi connectivity index (χ4v) is 4.70. The van der Waals surface area contributed by atoms with Crippen LogP contribution in [0.5, 0.6) is 0 Å². The Kier molecular flexibility index (Phi) is 6.52. The monoisotopic (exact) mass is 508 g/mol. The Morgan fingerprint density at radius 1 is 0.533 bits per heavy atom. The van der Waals surface area contributed by atoms with Gasteiger partial charge < -0.3 is 0 Å². The maximum atomic E-state index is 9.91. The van der Waals surface area contributed by atoms with Crippen molar-refractivity contribution in [2.24, 2.45) is 0 Å². The number of hydrogen-bond donors (Lipinski definition) is 0. The molecule has 0 aliphatic carbocycles. The summed E-state index contributed by atoms with van der Waals surface area (Å²) in [5, 5.41) is 0. The topological polar surface area (TPSA) is 0 Å². The summed E-state index contributed by atoms with van der Waals surface area (Å²) in [7, 11) is -0.0497. The Bertz CT molecular complexity index is 898. The number of halogens is 6. The third kappa shape index (κ3) is 9.31. The Balaban J connectivity index is 0.000000396. The molecule has 0 saturated carbocycles. The van der Waals surface area contributed by atoms with E-state index in [4.69, 9.17) is 0 Å². The van der Waals surface area contributed by atoms with E-state index in [9.17, 15) is 20.8 Å². The van der Waals surface area contributed by atoms with Crippen LogP contribution in [0.25, 0.3) is 0 Å². The molecular formula is C22H23AsF6S. The molecule has 0 aliphatic heterocycles. The molecule has 0 spiro atoms. The molecule has 0 aliphatic rings. The summed E-state index contributed by atoms with van der Waals surface area (Å²) in [4.78, 5) is 4.10. The van der Waals surface area contributed by atoms with Gasteiger partial charge in [0.2, 0.25) is 0 Å². The van der Waals surface area contributed by atoms with E-state index in [-0.39, 0.29) is 16.3 Å². The number of benzene rings is 3. The van der Waals surface area contributed by atoms with E-state index in [0.29, 0.717) is 0 Å². The minimum absolute atomic E-state index is 0.0497. The van der Waals surface area contributed by atoms with Crippen LogP contribution in [-0.2, 0) is 16.3 Å². The Morgan fingerprint density at radius 2 is 0.833 bits per heavy atom. The molecule has 0 nitrogen and oxygen atoms in total. The molecule has 0 amide bonds. The maximum absolute atomic E-state index is 11.1. The van der Waals surface area contributed by atoms with Crippen molar-refractivity contribution >= 4 is 25.1 Å². The van der Waals surface area contributed by atoms with Crippen molar-refractivity contribution in [2.75, 3.05) is 0 Å². The van der Waals surface area contributed by atoms with Gasteiger partial charge in [-0.3, -0.25) is 0 Å². The molecule has 0 radical (unpaired) electrons. The molecule has 0 aromatic heterocycles. The first-order chi connectivity index (χ1) is 13.5. The molecule has 30 heavy (non-hydrogen) atoms. The van der Waals surface area contributed by atoms with Crippen LogP contribution in [-0.4, -0.2) is 14.2 Å². The van der Waals surface area contributed by atoms with Crippen molar-refractivity contribution in [1.82, 2.24) is 0 Å². The zero-order chi connectivity index (χ0) is 22.7. The van der Waals surface area contributed by atoms with Crippen LogP contribution in [0.1, 0.15) is 26.3 Å². The van der Waals surface area contributed by atoms with Gasteiger partial charge in [-0.2, -0.15) is 0 Å². The van der Waals surface area contributed by atoms with Gasteiger partial charge in [0.15, 0.2) is 14.7 Å². The normalized spacial score (nSPS) is 14.3. The third-order valence-corrected chi connectivity index (χ3v) is 6.14. The molecule has 0 fully saturated rings. The average molecular weight is 508 g/mol. The van der Waals surface area contributed by atoms with E-state index in [1.807, 2.05) is 0 Å². The summed E-state index contributed by atoms with van der Waals surface area (Å²) in [5.74, 6) is 0. The fourth-order valence-electron chi connectivity index (χ4n) is 2.61. The zero-order valence-electron chi connectivity index (χ0n) is 16.7. The molecule has 0 saturated heterocycles. The van der Waals surface area contributed by atoms with E-state index >= 15 is 0 Å². The van der Waals surface area contributed by atoms with Gasteiger partial charge in [0.25, 0.3) is 0 Å². The van der Waals surface area contributed by atoms with Gasteiger partial charge >= 0.3 is 35.0 Å². The second kappa shape index (κ2) is 8.01. The molecular weight excluding hydrogens is 485 g/mol. The molecule has 164 valence electrons. The molecule has 0 N–H and O–H groups in total. The van der Waals surface area contributed by atoms with E-state index in [0.717, 1.165) is 0 Å². The van der Waals surface area contributed by atoms with E-state index < -0.39 is 14.2 Å². The predicted octanol–water partition coefficient (Wildman–Crippen LogP) is 8.22. The second-order valence-corrected chi connectivity index (χ2v) is 13.7. The van der Waals surface area contributed by atoms with Crippen molar-refractivity contribution in [3.8, 4) is 0 Å². The first kappa shape index (κ1) is 24.4. The molecule has 0 atom stereocenters. The van der Waals surface area contributed by atoms with Crippen LogP contribution in [0.15, 0.2) is 99.6 Å². The van der Waals surface area contributed by atoms with Crippen LogP contribution < -0.4 is 0 Å². The van der Waals surface area contributed by atoms with Crippen molar-refractivity contribution < 1.29 is 20.8 Å². The summed E-state index contributed by atoms with van der Waals surface area (Å²) in [6.45, 7) is 6.78. The average Bonchev–Trinajstić information content (AvgIpc) is 2.61. The first-order valence-corrected chi connectivity index (χ1v) is 14.5. The first-order valence-electron chi connectivity index (χ1n) is 9.02. The Hall–Kier alpha value is -1.85. The Morgan fingerprint density at radius 3 is 1.13 bits per heavy atom. The fraction of sp³-hybridized carbons (Fsp3) is 0.182. The van der Waals surface area contributed by atoms with Crippen molar-refractivity contribution in [2.45, 2.75) is 40.9 Å². The van der Waals surface area contributed by atoms with Crippen LogP contribution in [0.3, 0.4) is 0 Å². The summed E-state index contributed by atoms with van der Waals surface area (Å²) in [6.07, 6.45) is 0. The van der Waals surface area contributed by atoms with Crippen molar-refractivity contribution in [3.63, 3.8) is 0 Å². The minimum atomic E-state index is -11.1. The van der Waals surface area contributed by atoms with Gasteiger partial charge in [0.05, 0.1) is 10.9 Å². The van der Waals surface area contributed by atoms with Gasteiger partial charge in [0, 0.05) is 0 Å². The Labute approximate surface area is 177 Å². The molecule has 8 heteroatoms. The van der Waals surface area contributed by atoms with Crippen LogP contribution in [0.2, 0.25) is 0 Å². The molecule has 3 aromatic rings. The van der Waals surface area contributed by atoms with Crippen LogP contribution in [0, 0.1) is 0 Å². The number of rotatable bonds is 3. The summed E-state index contributed by atoms with van der Waals surface area (Å²) < 4.78 is 59.4. The summed E-state index contributed by atoms with van der Waals surface area (Å²) >= 11 is -11.1. The number of hydrogen-bond acceptors (Lipinski definition) is 0. The van der Waals surface area contributed by atoms with Gasteiger partial charge in [0.1, 0.15) is 0 Å².